The number of allylic oxidation sites excluding steroid dienone is 2. The molecule has 1 heterocycles. The highest BCUT2D eigenvalue weighted by Gasteiger charge is 2.20. The zero-order valence-electron chi connectivity index (χ0n) is 9.26. The maximum Gasteiger partial charge on any atom is 0.119 e. The fourth-order valence-electron chi connectivity index (χ4n) is 1.03. The summed E-state index contributed by atoms with van der Waals surface area (Å²) in [4.78, 5) is 0. The summed E-state index contributed by atoms with van der Waals surface area (Å²) in [5, 5.41) is 10.2. The predicted molar refractivity (Wildman–Crippen MR) is 61.8 cm³/mol. The second kappa shape index (κ2) is 3.82. The van der Waals surface area contributed by atoms with E-state index < -0.39 is 0 Å². The van der Waals surface area contributed by atoms with E-state index in [1.165, 1.54) is 5.57 Å². The molecule has 0 bridgehead atoms. The average Bonchev–Trinajstić information content (AvgIpc) is 2.56. The third-order valence-corrected chi connectivity index (χ3v) is 2.86. The van der Waals surface area contributed by atoms with Crippen LogP contribution in [-0.2, 0) is 0 Å². The quantitative estimate of drug-likeness (QED) is 0.579. The van der Waals surface area contributed by atoms with Crippen molar-refractivity contribution in [2.45, 2.75) is 26.1 Å². The van der Waals surface area contributed by atoms with Crippen molar-refractivity contribution in [3.05, 3.63) is 29.6 Å². The van der Waals surface area contributed by atoms with Crippen LogP contribution >= 0.6 is 0 Å². The van der Waals surface area contributed by atoms with Crippen molar-refractivity contribution < 1.29 is 0 Å². The maximum atomic E-state index is 3.99. The van der Waals surface area contributed by atoms with Crippen LogP contribution in [-0.4, -0.2) is 23.3 Å². The van der Waals surface area contributed by atoms with Crippen molar-refractivity contribution in [3.63, 3.8) is 0 Å². The fraction of sp³-hybridized carbons (Fsp3) is 0.400. The van der Waals surface area contributed by atoms with Gasteiger partial charge in [-0.25, -0.2) is 0 Å². The number of hydrogen-bond donors (Lipinski definition) is 1. The monoisotopic (exact) mass is 189 g/mol. The predicted octanol–water partition coefficient (Wildman–Crippen LogP) is 1.60. The SMILES string of the molecule is BC(C)(C(=C)C)/C(C)=C/c1cnn[nH]1. The zero-order chi connectivity index (χ0) is 10.8. The summed E-state index contributed by atoms with van der Waals surface area (Å²) < 4.78 is 0. The first-order valence-corrected chi connectivity index (χ1v) is 4.65. The number of hydrogen-bond acceptors (Lipinski definition) is 2. The van der Waals surface area contributed by atoms with E-state index in [1.807, 2.05) is 6.92 Å². The summed E-state index contributed by atoms with van der Waals surface area (Å²) in [7, 11) is 2.16. The summed E-state index contributed by atoms with van der Waals surface area (Å²) in [5.41, 5.74) is 3.33. The molecule has 0 aliphatic carbocycles. The van der Waals surface area contributed by atoms with Gasteiger partial charge in [0.05, 0.1) is 11.9 Å². The lowest BCUT2D eigenvalue weighted by molar-refractivity contribution is 0.836. The Kier molecular flexibility index (Phi) is 2.94. The molecule has 1 unspecified atom stereocenters. The van der Waals surface area contributed by atoms with E-state index in [1.54, 1.807) is 6.20 Å². The Morgan fingerprint density at radius 3 is 2.71 bits per heavy atom. The molecule has 0 fully saturated rings. The minimum Gasteiger partial charge on any atom is -0.258 e. The first-order chi connectivity index (χ1) is 6.44. The molecule has 0 aliphatic rings. The number of nitrogens with zero attached hydrogens (tertiary/aromatic N) is 2. The van der Waals surface area contributed by atoms with Gasteiger partial charge >= 0.3 is 0 Å². The van der Waals surface area contributed by atoms with Gasteiger partial charge in [0.25, 0.3) is 0 Å². The molecule has 4 heteroatoms. The van der Waals surface area contributed by atoms with Gasteiger partial charge in [0.1, 0.15) is 7.85 Å². The highest BCUT2D eigenvalue weighted by atomic mass is 15.3. The zero-order valence-corrected chi connectivity index (χ0v) is 9.26. The smallest absolute Gasteiger partial charge is 0.119 e. The van der Waals surface area contributed by atoms with E-state index in [4.69, 9.17) is 0 Å². The van der Waals surface area contributed by atoms with Crippen molar-refractivity contribution in [3.8, 4) is 0 Å². The van der Waals surface area contributed by atoms with Gasteiger partial charge < -0.3 is 0 Å². The highest BCUT2D eigenvalue weighted by molar-refractivity contribution is 6.19. The summed E-state index contributed by atoms with van der Waals surface area (Å²) in [6.07, 6.45) is 3.76. The normalized spacial score (nSPS) is 16.4. The van der Waals surface area contributed by atoms with Gasteiger partial charge in [0, 0.05) is 0 Å². The molecule has 1 aromatic rings. The third kappa shape index (κ3) is 2.13. The van der Waals surface area contributed by atoms with Crippen LogP contribution in [0.15, 0.2) is 23.9 Å². The van der Waals surface area contributed by atoms with E-state index in [-0.39, 0.29) is 5.31 Å². The molecule has 14 heavy (non-hydrogen) atoms. The molecular formula is C10H16BN3. The van der Waals surface area contributed by atoms with Gasteiger partial charge in [0.15, 0.2) is 0 Å². The van der Waals surface area contributed by atoms with Gasteiger partial charge in [-0.15, -0.1) is 11.7 Å². The molecule has 1 aromatic heterocycles. The van der Waals surface area contributed by atoms with Crippen molar-refractivity contribution >= 4 is 13.9 Å². The Balaban J connectivity index is 2.95. The number of aromatic nitrogens is 3. The molecule has 1 N–H and O–H groups in total. The molecule has 74 valence electrons. The largest absolute Gasteiger partial charge is 0.258 e. The van der Waals surface area contributed by atoms with E-state index >= 15 is 0 Å². The van der Waals surface area contributed by atoms with Crippen LogP contribution in [0.3, 0.4) is 0 Å². The molecule has 0 aliphatic heterocycles. The lowest BCUT2D eigenvalue weighted by Crippen LogP contribution is -2.10. The summed E-state index contributed by atoms with van der Waals surface area (Å²) in [6.45, 7) is 10.3. The van der Waals surface area contributed by atoms with Crippen molar-refractivity contribution in [2.75, 3.05) is 0 Å². The molecule has 1 atom stereocenters. The van der Waals surface area contributed by atoms with E-state index in [0.717, 1.165) is 11.3 Å². The Hall–Kier alpha value is -1.32. The average molecular weight is 189 g/mol. The van der Waals surface area contributed by atoms with E-state index in [0.29, 0.717) is 0 Å². The molecule has 3 nitrogen and oxygen atoms in total. The van der Waals surface area contributed by atoms with Crippen LogP contribution in [0, 0.1) is 0 Å². The molecule has 0 amide bonds. The van der Waals surface area contributed by atoms with Gasteiger partial charge in [-0.2, -0.15) is 0 Å². The van der Waals surface area contributed by atoms with Gasteiger partial charge in [-0.05, 0) is 25.2 Å². The Morgan fingerprint density at radius 2 is 2.29 bits per heavy atom. The summed E-state index contributed by atoms with van der Waals surface area (Å²) in [6, 6.07) is 0. The lowest BCUT2D eigenvalue weighted by atomic mass is 9.61. The minimum atomic E-state index is 0.0190. The standard InChI is InChI=1S/C10H16BN3/c1-7(2)10(4,11)8(3)5-9-6-12-14-13-9/h5-6H,1,11H2,2-4H3,(H,12,13,14)/b8-5+. The first kappa shape index (κ1) is 10.8. The first-order valence-electron chi connectivity index (χ1n) is 4.65. The van der Waals surface area contributed by atoms with Crippen LogP contribution in [0.4, 0.5) is 0 Å². The highest BCUT2D eigenvalue weighted by Crippen LogP contribution is 2.38. The van der Waals surface area contributed by atoms with Crippen molar-refractivity contribution in [1.82, 2.24) is 15.4 Å². The maximum absolute atomic E-state index is 3.99. The minimum absolute atomic E-state index is 0.0190. The van der Waals surface area contributed by atoms with Gasteiger partial charge in [-0.1, -0.05) is 23.3 Å². The Labute approximate surface area is 85.7 Å². The third-order valence-electron chi connectivity index (χ3n) is 2.86. The fourth-order valence-corrected chi connectivity index (χ4v) is 1.03. The van der Waals surface area contributed by atoms with Crippen LogP contribution in [0.1, 0.15) is 26.5 Å². The van der Waals surface area contributed by atoms with Crippen molar-refractivity contribution in [2.24, 2.45) is 0 Å². The molecule has 0 radical (unpaired) electrons. The lowest BCUT2D eigenvalue weighted by Gasteiger charge is -2.26. The summed E-state index contributed by atoms with van der Waals surface area (Å²) in [5.74, 6) is 0. The topological polar surface area (TPSA) is 41.6 Å². The molecule has 0 saturated carbocycles. The Morgan fingerprint density at radius 1 is 1.64 bits per heavy atom. The van der Waals surface area contributed by atoms with E-state index in [2.05, 4.69) is 49.8 Å². The van der Waals surface area contributed by atoms with Gasteiger partial charge in [-0.3, -0.25) is 5.10 Å². The Bertz CT molecular complexity index is 349. The number of nitrogens with one attached hydrogen (secondary N) is 1. The van der Waals surface area contributed by atoms with Crippen LogP contribution in [0.2, 0.25) is 5.31 Å². The molecule has 0 spiro atoms. The van der Waals surface area contributed by atoms with Crippen LogP contribution in [0.5, 0.6) is 0 Å². The van der Waals surface area contributed by atoms with E-state index in [9.17, 15) is 0 Å². The van der Waals surface area contributed by atoms with Crippen molar-refractivity contribution in [1.29, 1.82) is 0 Å². The van der Waals surface area contributed by atoms with Crippen LogP contribution in [0.25, 0.3) is 6.08 Å². The molecule has 1 rings (SSSR count). The second-order valence-corrected chi connectivity index (χ2v) is 4.14. The molecule has 0 saturated heterocycles. The number of rotatable bonds is 3. The van der Waals surface area contributed by atoms with Gasteiger partial charge in [0.2, 0.25) is 0 Å². The number of H-pyrrole nitrogens is 1. The van der Waals surface area contributed by atoms with Crippen LogP contribution < -0.4 is 0 Å². The molecular weight excluding hydrogens is 173 g/mol. The number of aromatic amines is 1. The molecule has 0 aromatic carbocycles. The summed E-state index contributed by atoms with van der Waals surface area (Å²) >= 11 is 0. The second-order valence-electron chi connectivity index (χ2n) is 4.14.